The van der Waals surface area contributed by atoms with Gasteiger partial charge in [-0.1, -0.05) is 12.1 Å². The minimum absolute atomic E-state index is 0.0217. The van der Waals surface area contributed by atoms with Crippen LogP contribution in [0, 0.1) is 0 Å². The number of fused-ring (bicyclic) bond motifs is 1. The third-order valence-electron chi connectivity index (χ3n) is 8.09. The summed E-state index contributed by atoms with van der Waals surface area (Å²) in [5, 5.41) is 9.71. The van der Waals surface area contributed by atoms with Crippen LogP contribution in [0.1, 0.15) is 90.5 Å². The number of carbonyl (C=O) groups excluding carboxylic acids is 1. The first kappa shape index (κ1) is 25.3. The van der Waals surface area contributed by atoms with Gasteiger partial charge in [0.15, 0.2) is 0 Å². The Hall–Kier alpha value is -3.37. The van der Waals surface area contributed by atoms with Crippen molar-refractivity contribution in [3.05, 3.63) is 67.5 Å². The van der Waals surface area contributed by atoms with E-state index in [9.17, 15) is 37.5 Å². The van der Waals surface area contributed by atoms with Crippen molar-refractivity contribution in [2.75, 3.05) is 6.54 Å². The Morgan fingerprint density at radius 3 is 2.30 bits per heavy atom. The van der Waals surface area contributed by atoms with Gasteiger partial charge in [-0.2, -0.15) is 13.2 Å². The lowest BCUT2D eigenvalue weighted by atomic mass is 9.89. The lowest BCUT2D eigenvalue weighted by molar-refractivity contribution is -0.138. The van der Waals surface area contributed by atoms with Crippen molar-refractivity contribution < 1.29 is 27.9 Å². The van der Waals surface area contributed by atoms with Crippen LogP contribution in [0.4, 0.5) is 13.2 Å². The van der Waals surface area contributed by atoms with Crippen LogP contribution >= 0.6 is 0 Å². The van der Waals surface area contributed by atoms with Gasteiger partial charge < -0.3 is 10.0 Å². The number of hydrogen-bond donors (Lipinski definition) is 1. The van der Waals surface area contributed by atoms with Crippen LogP contribution < -0.4 is 11.2 Å². The number of amides is 1. The standard InChI is InChI=1S/C26H28F3N3O5/c27-26(28,29)20-5-3-4-18-17(20)11-12-21(18)32-23(34)19(24(35)36)14-31(25(32)37)16-9-7-15(8-10-16)30-13-2-1-6-22(30)33/h3-5,14-16,21H,1-2,6-13H2,(H,35,36)/t15-,16-,21?. The van der Waals surface area contributed by atoms with E-state index >= 15 is 0 Å². The van der Waals surface area contributed by atoms with Gasteiger partial charge in [0.05, 0.1) is 11.6 Å². The van der Waals surface area contributed by atoms with Gasteiger partial charge in [0.2, 0.25) is 5.91 Å². The first-order chi connectivity index (χ1) is 17.6. The molecule has 11 heteroatoms. The normalized spacial score (nSPS) is 24.2. The molecule has 0 radical (unpaired) electrons. The number of aromatic carboxylic acids is 1. The molecule has 2 heterocycles. The summed E-state index contributed by atoms with van der Waals surface area (Å²) in [6.45, 7) is 0.711. The average molecular weight is 520 g/mol. The lowest BCUT2D eigenvalue weighted by Crippen LogP contribution is -2.48. The number of aromatic nitrogens is 2. The van der Waals surface area contributed by atoms with Crippen LogP contribution in [0.5, 0.6) is 0 Å². The molecule has 1 aliphatic heterocycles. The minimum Gasteiger partial charge on any atom is -0.477 e. The largest absolute Gasteiger partial charge is 0.477 e. The highest BCUT2D eigenvalue weighted by molar-refractivity contribution is 5.86. The topological polar surface area (TPSA) is 102 Å². The molecule has 1 saturated heterocycles. The van der Waals surface area contributed by atoms with Gasteiger partial charge in [0.25, 0.3) is 5.56 Å². The summed E-state index contributed by atoms with van der Waals surface area (Å²) in [5.74, 6) is -1.37. The number of nitrogens with zero attached hydrogens (tertiary/aromatic N) is 3. The van der Waals surface area contributed by atoms with Gasteiger partial charge in [-0.05, 0) is 68.6 Å². The van der Waals surface area contributed by atoms with Crippen molar-refractivity contribution in [3.63, 3.8) is 0 Å². The molecule has 1 atom stereocenters. The van der Waals surface area contributed by atoms with Crippen LogP contribution in [-0.4, -0.2) is 43.6 Å². The van der Waals surface area contributed by atoms with E-state index in [1.165, 1.54) is 16.7 Å². The number of carboxylic acids is 1. The van der Waals surface area contributed by atoms with Crippen LogP contribution in [0.25, 0.3) is 0 Å². The predicted molar refractivity (Wildman–Crippen MR) is 127 cm³/mol. The molecule has 2 aliphatic carbocycles. The third kappa shape index (κ3) is 4.48. The Morgan fingerprint density at radius 2 is 1.65 bits per heavy atom. The summed E-state index contributed by atoms with van der Waals surface area (Å²) in [5.41, 5.74) is -2.88. The molecule has 1 aromatic heterocycles. The molecule has 0 spiro atoms. The highest BCUT2D eigenvalue weighted by Gasteiger charge is 2.39. The first-order valence-corrected chi connectivity index (χ1v) is 12.7. The summed E-state index contributed by atoms with van der Waals surface area (Å²) in [4.78, 5) is 52.9. The maximum Gasteiger partial charge on any atom is 0.416 e. The molecule has 2 fully saturated rings. The molecule has 1 N–H and O–H groups in total. The highest BCUT2D eigenvalue weighted by Crippen LogP contribution is 2.41. The summed E-state index contributed by atoms with van der Waals surface area (Å²) >= 11 is 0. The molecular formula is C26H28F3N3O5. The quantitative estimate of drug-likeness (QED) is 0.663. The first-order valence-electron chi connectivity index (χ1n) is 12.7. The maximum atomic E-state index is 13.6. The predicted octanol–water partition coefficient (Wildman–Crippen LogP) is 3.76. The van der Waals surface area contributed by atoms with Gasteiger partial charge in [0, 0.05) is 31.2 Å². The minimum atomic E-state index is -4.58. The molecule has 1 unspecified atom stereocenters. The molecule has 198 valence electrons. The summed E-state index contributed by atoms with van der Waals surface area (Å²) in [6.07, 6.45) is 1.30. The average Bonchev–Trinajstić information content (AvgIpc) is 3.28. The fourth-order valence-corrected chi connectivity index (χ4v) is 6.30. The Labute approximate surface area is 210 Å². The second-order valence-corrected chi connectivity index (χ2v) is 10.1. The van der Waals surface area contributed by atoms with Crippen molar-refractivity contribution in [1.82, 2.24) is 14.0 Å². The van der Waals surface area contributed by atoms with E-state index in [-0.39, 0.29) is 42.0 Å². The van der Waals surface area contributed by atoms with Crippen LogP contribution in [-0.2, 0) is 17.4 Å². The number of hydrogen-bond acceptors (Lipinski definition) is 4. The van der Waals surface area contributed by atoms with E-state index in [2.05, 4.69) is 0 Å². The Bertz CT molecular complexity index is 1350. The van der Waals surface area contributed by atoms with Gasteiger partial charge in [-0.25, -0.2) is 9.59 Å². The molecule has 8 nitrogen and oxygen atoms in total. The second-order valence-electron chi connectivity index (χ2n) is 10.1. The molecule has 1 aromatic carbocycles. The number of alkyl halides is 3. The number of halogens is 3. The Balaban J connectivity index is 1.51. The number of carbonyl (C=O) groups is 2. The number of likely N-dealkylation sites (tertiary alicyclic amines) is 1. The fraction of sp³-hybridized carbons (Fsp3) is 0.538. The molecular weight excluding hydrogens is 491 g/mol. The SMILES string of the molecule is O=C(O)c1cn([C@H]2CC[C@H](N3CCCCC3=O)CC2)c(=O)n(C2CCc3c2cccc3C(F)(F)F)c1=O. The Kier molecular flexibility index (Phi) is 6.49. The molecule has 1 amide bonds. The molecule has 1 saturated carbocycles. The molecule has 2 aromatic rings. The van der Waals surface area contributed by atoms with Gasteiger partial charge >= 0.3 is 17.8 Å². The van der Waals surface area contributed by atoms with E-state index in [1.807, 2.05) is 4.90 Å². The zero-order valence-corrected chi connectivity index (χ0v) is 20.2. The van der Waals surface area contributed by atoms with E-state index < -0.39 is 40.6 Å². The van der Waals surface area contributed by atoms with Gasteiger partial charge in [-0.3, -0.25) is 18.7 Å². The van der Waals surface area contributed by atoms with Crippen molar-refractivity contribution in [3.8, 4) is 0 Å². The van der Waals surface area contributed by atoms with E-state index in [0.29, 0.717) is 38.6 Å². The number of rotatable bonds is 4. The number of piperidine rings is 1. The zero-order valence-electron chi connectivity index (χ0n) is 20.2. The molecule has 37 heavy (non-hydrogen) atoms. The highest BCUT2D eigenvalue weighted by atomic mass is 19.4. The van der Waals surface area contributed by atoms with Crippen molar-refractivity contribution in [2.24, 2.45) is 0 Å². The number of carboxylic acid groups (broad SMARTS) is 1. The smallest absolute Gasteiger partial charge is 0.416 e. The third-order valence-corrected chi connectivity index (χ3v) is 8.09. The van der Waals surface area contributed by atoms with Gasteiger partial charge in [-0.15, -0.1) is 0 Å². The van der Waals surface area contributed by atoms with Crippen molar-refractivity contribution in [1.29, 1.82) is 0 Å². The molecule has 3 aliphatic rings. The van der Waals surface area contributed by atoms with E-state index in [1.54, 1.807) is 0 Å². The summed E-state index contributed by atoms with van der Waals surface area (Å²) in [7, 11) is 0. The van der Waals surface area contributed by atoms with E-state index in [0.717, 1.165) is 29.7 Å². The van der Waals surface area contributed by atoms with Crippen molar-refractivity contribution >= 4 is 11.9 Å². The molecule has 5 rings (SSSR count). The maximum absolute atomic E-state index is 13.6. The molecule has 0 bridgehead atoms. The van der Waals surface area contributed by atoms with Crippen molar-refractivity contribution in [2.45, 2.75) is 82.1 Å². The Morgan fingerprint density at radius 1 is 0.946 bits per heavy atom. The zero-order chi connectivity index (χ0) is 26.5. The fourth-order valence-electron chi connectivity index (χ4n) is 6.30. The van der Waals surface area contributed by atoms with Crippen LogP contribution in [0.3, 0.4) is 0 Å². The monoisotopic (exact) mass is 519 g/mol. The van der Waals surface area contributed by atoms with Gasteiger partial charge in [0.1, 0.15) is 5.56 Å². The summed E-state index contributed by atoms with van der Waals surface area (Å²) in [6, 6.07) is 2.38. The summed E-state index contributed by atoms with van der Waals surface area (Å²) < 4.78 is 42.8. The second kappa shape index (κ2) is 9.50. The van der Waals surface area contributed by atoms with E-state index in [4.69, 9.17) is 0 Å². The van der Waals surface area contributed by atoms with Crippen LogP contribution in [0.15, 0.2) is 34.0 Å². The lowest BCUT2D eigenvalue weighted by Gasteiger charge is -2.39. The van der Waals surface area contributed by atoms with Crippen LogP contribution in [0.2, 0.25) is 0 Å². The number of benzene rings is 1.